The molecule has 0 aliphatic heterocycles. The first-order chi connectivity index (χ1) is 10.7. The molecule has 0 spiro atoms. The Kier molecular flexibility index (Phi) is 4.63. The van der Waals surface area contributed by atoms with E-state index in [1.807, 2.05) is 0 Å². The zero-order valence-electron chi connectivity index (χ0n) is 12.8. The molecule has 5 nitrogen and oxygen atoms in total. The van der Waals surface area contributed by atoms with Crippen LogP contribution in [-0.2, 0) is 6.18 Å². The Hall–Kier alpha value is -2.51. The zero-order valence-corrected chi connectivity index (χ0v) is 12.8. The third kappa shape index (κ3) is 3.82. The van der Waals surface area contributed by atoms with Crippen LogP contribution in [0.25, 0.3) is 5.69 Å². The molecule has 1 N–H and O–H groups in total. The maximum atomic E-state index is 12.8. The van der Waals surface area contributed by atoms with E-state index in [9.17, 15) is 18.0 Å². The van der Waals surface area contributed by atoms with Crippen molar-refractivity contribution in [3.05, 3.63) is 41.7 Å². The normalized spacial score (nSPS) is 11.6. The number of carbonyl (C=O) groups is 1. The minimum Gasteiger partial charge on any atom is -0.493 e. The highest BCUT2D eigenvalue weighted by Gasteiger charge is 2.30. The summed E-state index contributed by atoms with van der Waals surface area (Å²) < 4.78 is 44.6. The second-order valence-corrected chi connectivity index (χ2v) is 5.17. The van der Waals surface area contributed by atoms with Crippen molar-refractivity contribution in [2.45, 2.75) is 26.1 Å². The molecular weight excluding hydrogens is 311 g/mol. The van der Waals surface area contributed by atoms with Crippen LogP contribution in [-0.4, -0.2) is 28.8 Å². The second kappa shape index (κ2) is 6.31. The first-order valence-electron chi connectivity index (χ1n) is 6.84. The van der Waals surface area contributed by atoms with Crippen molar-refractivity contribution in [1.29, 1.82) is 0 Å². The molecule has 1 heterocycles. The van der Waals surface area contributed by atoms with Gasteiger partial charge in [0.1, 0.15) is 0 Å². The number of benzene rings is 1. The number of nitrogens with zero attached hydrogens (tertiary/aromatic N) is 2. The number of hydrogen-bond donors (Lipinski definition) is 1. The van der Waals surface area contributed by atoms with Gasteiger partial charge in [-0.15, -0.1) is 0 Å². The summed E-state index contributed by atoms with van der Waals surface area (Å²) >= 11 is 0. The predicted molar refractivity (Wildman–Crippen MR) is 77.7 cm³/mol. The maximum absolute atomic E-state index is 12.8. The first kappa shape index (κ1) is 16.9. The highest BCUT2D eigenvalue weighted by molar-refractivity contribution is 5.95. The van der Waals surface area contributed by atoms with Crippen molar-refractivity contribution < 1.29 is 22.7 Å². The van der Waals surface area contributed by atoms with Gasteiger partial charge in [-0.25, -0.2) is 4.68 Å². The quantitative estimate of drug-likeness (QED) is 0.939. The molecule has 2 rings (SSSR count). The Morgan fingerprint density at radius 3 is 2.61 bits per heavy atom. The van der Waals surface area contributed by atoms with E-state index in [1.165, 1.54) is 30.1 Å². The van der Waals surface area contributed by atoms with Crippen LogP contribution in [0, 0.1) is 0 Å². The van der Waals surface area contributed by atoms with Crippen molar-refractivity contribution >= 4 is 5.91 Å². The molecule has 1 aromatic heterocycles. The minimum absolute atomic E-state index is 0.0126. The van der Waals surface area contributed by atoms with Gasteiger partial charge < -0.3 is 10.1 Å². The molecule has 0 saturated carbocycles. The molecule has 0 fully saturated rings. The number of rotatable bonds is 4. The summed E-state index contributed by atoms with van der Waals surface area (Å²) in [6.45, 7) is 3.57. The maximum Gasteiger partial charge on any atom is 0.416 e. The van der Waals surface area contributed by atoms with Crippen molar-refractivity contribution in [2.75, 3.05) is 7.11 Å². The number of ether oxygens (including phenoxy) is 1. The molecular formula is C15H16F3N3O2. The lowest BCUT2D eigenvalue weighted by atomic mass is 10.2. The Bertz CT molecular complexity index is 708. The first-order valence-corrected chi connectivity index (χ1v) is 6.84. The van der Waals surface area contributed by atoms with Crippen molar-refractivity contribution in [1.82, 2.24) is 15.1 Å². The zero-order chi connectivity index (χ0) is 17.2. The Labute approximate surface area is 131 Å². The van der Waals surface area contributed by atoms with E-state index in [-0.39, 0.29) is 23.2 Å². The van der Waals surface area contributed by atoms with E-state index in [4.69, 9.17) is 4.74 Å². The number of halogens is 3. The van der Waals surface area contributed by atoms with Crippen LogP contribution < -0.4 is 10.1 Å². The monoisotopic (exact) mass is 327 g/mol. The van der Waals surface area contributed by atoms with Crippen LogP contribution in [0.4, 0.5) is 13.2 Å². The van der Waals surface area contributed by atoms with Gasteiger partial charge >= 0.3 is 6.18 Å². The number of aromatic nitrogens is 2. The van der Waals surface area contributed by atoms with Crippen LogP contribution in [0.15, 0.2) is 30.5 Å². The summed E-state index contributed by atoms with van der Waals surface area (Å²) in [6.07, 6.45) is -3.09. The van der Waals surface area contributed by atoms with E-state index in [1.54, 1.807) is 13.8 Å². The smallest absolute Gasteiger partial charge is 0.416 e. The summed E-state index contributed by atoms with van der Waals surface area (Å²) in [4.78, 5) is 12.1. The van der Waals surface area contributed by atoms with Crippen LogP contribution in [0.5, 0.6) is 5.75 Å². The van der Waals surface area contributed by atoms with Crippen molar-refractivity contribution in [3.8, 4) is 11.4 Å². The largest absolute Gasteiger partial charge is 0.493 e. The lowest BCUT2D eigenvalue weighted by Crippen LogP contribution is -2.30. The van der Waals surface area contributed by atoms with E-state index < -0.39 is 17.6 Å². The number of carbonyl (C=O) groups excluding carboxylic acids is 1. The Morgan fingerprint density at radius 1 is 1.35 bits per heavy atom. The molecule has 2 aromatic rings. The SMILES string of the molecule is COc1cn(-c2cccc(C(F)(F)F)c2)nc1C(=O)NC(C)C. The second-order valence-electron chi connectivity index (χ2n) is 5.17. The van der Waals surface area contributed by atoms with E-state index in [0.29, 0.717) is 0 Å². The molecule has 0 saturated heterocycles. The molecule has 0 unspecified atom stereocenters. The van der Waals surface area contributed by atoms with Crippen molar-refractivity contribution in [3.63, 3.8) is 0 Å². The molecule has 8 heteroatoms. The fourth-order valence-corrected chi connectivity index (χ4v) is 1.95. The average molecular weight is 327 g/mol. The highest BCUT2D eigenvalue weighted by Crippen LogP contribution is 2.30. The molecule has 0 atom stereocenters. The summed E-state index contributed by atoms with van der Waals surface area (Å²) in [5, 5.41) is 6.70. The summed E-state index contributed by atoms with van der Waals surface area (Å²) in [6, 6.07) is 4.56. The van der Waals surface area contributed by atoms with Gasteiger partial charge in [-0.3, -0.25) is 4.79 Å². The molecule has 124 valence electrons. The molecule has 0 bridgehead atoms. The fourth-order valence-electron chi connectivity index (χ4n) is 1.95. The number of alkyl halides is 3. The highest BCUT2D eigenvalue weighted by atomic mass is 19.4. The molecule has 0 radical (unpaired) electrons. The van der Waals surface area contributed by atoms with Gasteiger partial charge in [-0.05, 0) is 32.0 Å². The van der Waals surface area contributed by atoms with E-state index in [0.717, 1.165) is 12.1 Å². The van der Waals surface area contributed by atoms with Crippen LogP contribution in [0.2, 0.25) is 0 Å². The van der Waals surface area contributed by atoms with E-state index >= 15 is 0 Å². The van der Waals surface area contributed by atoms with Gasteiger partial charge in [0, 0.05) is 6.04 Å². The summed E-state index contributed by atoms with van der Waals surface area (Å²) in [5.41, 5.74) is -0.599. The van der Waals surface area contributed by atoms with Crippen LogP contribution >= 0.6 is 0 Å². The molecule has 1 amide bonds. The molecule has 23 heavy (non-hydrogen) atoms. The van der Waals surface area contributed by atoms with E-state index in [2.05, 4.69) is 10.4 Å². The molecule has 1 aromatic carbocycles. The lowest BCUT2D eigenvalue weighted by molar-refractivity contribution is -0.137. The standard InChI is InChI=1S/C15H16F3N3O2/c1-9(2)19-14(22)13-12(23-3)8-21(20-13)11-6-4-5-10(7-11)15(16,17)18/h4-9H,1-3H3,(H,19,22). The number of hydrogen-bond acceptors (Lipinski definition) is 3. The van der Waals surface area contributed by atoms with Gasteiger partial charge in [0.2, 0.25) is 0 Å². The minimum atomic E-state index is -4.45. The summed E-state index contributed by atoms with van der Waals surface area (Å²) in [7, 11) is 1.36. The average Bonchev–Trinajstić information content (AvgIpc) is 2.90. The number of nitrogens with one attached hydrogen (secondary N) is 1. The fraction of sp³-hybridized carbons (Fsp3) is 0.333. The van der Waals surface area contributed by atoms with Gasteiger partial charge in [0.15, 0.2) is 11.4 Å². The van der Waals surface area contributed by atoms with Gasteiger partial charge in [0.25, 0.3) is 5.91 Å². The topological polar surface area (TPSA) is 56.2 Å². The van der Waals surface area contributed by atoms with Crippen molar-refractivity contribution in [2.24, 2.45) is 0 Å². The third-order valence-corrected chi connectivity index (χ3v) is 2.97. The Morgan fingerprint density at radius 2 is 2.04 bits per heavy atom. The molecule has 0 aliphatic rings. The number of methoxy groups -OCH3 is 1. The lowest BCUT2D eigenvalue weighted by Gasteiger charge is -2.08. The number of amides is 1. The van der Waals surface area contributed by atoms with Crippen LogP contribution in [0.3, 0.4) is 0 Å². The van der Waals surface area contributed by atoms with Gasteiger partial charge in [0.05, 0.1) is 24.6 Å². The van der Waals surface area contributed by atoms with Gasteiger partial charge in [-0.2, -0.15) is 18.3 Å². The van der Waals surface area contributed by atoms with Gasteiger partial charge in [-0.1, -0.05) is 6.07 Å². The summed E-state index contributed by atoms with van der Waals surface area (Å²) in [5.74, 6) is -0.275. The third-order valence-electron chi connectivity index (χ3n) is 2.97. The van der Waals surface area contributed by atoms with Crippen LogP contribution in [0.1, 0.15) is 29.9 Å². The predicted octanol–water partition coefficient (Wildman–Crippen LogP) is 3.04. The molecule has 0 aliphatic carbocycles. The Balaban J connectivity index is 2.42.